The summed E-state index contributed by atoms with van der Waals surface area (Å²) in [4.78, 5) is 0. The van der Waals surface area contributed by atoms with Gasteiger partial charge in [0.15, 0.2) is 0 Å². The van der Waals surface area contributed by atoms with Crippen molar-refractivity contribution in [3.63, 3.8) is 0 Å². The molecule has 3 rings (SSSR count). The molecule has 1 nitrogen and oxygen atoms in total. The lowest BCUT2D eigenvalue weighted by Gasteiger charge is -2.21. The molecule has 0 spiro atoms. The van der Waals surface area contributed by atoms with E-state index in [1.807, 2.05) is 18.2 Å². The van der Waals surface area contributed by atoms with Crippen LogP contribution in [0.4, 0.5) is 0 Å². The Labute approximate surface area is 133 Å². The predicted octanol–water partition coefficient (Wildman–Crippen LogP) is 5.44. The lowest BCUT2D eigenvalue weighted by atomic mass is 10.0. The zero-order valence-electron chi connectivity index (χ0n) is 11.4. The average Bonchev–Trinajstić information content (AvgIpc) is 2.84. The quantitative estimate of drug-likeness (QED) is 0.777. The van der Waals surface area contributed by atoms with E-state index in [-0.39, 0.29) is 6.04 Å². The van der Waals surface area contributed by atoms with E-state index in [0.717, 1.165) is 23.4 Å². The lowest BCUT2D eigenvalue weighted by molar-refractivity contribution is 0.465. The van der Waals surface area contributed by atoms with Gasteiger partial charge in [-0.15, -0.1) is 0 Å². The van der Waals surface area contributed by atoms with E-state index >= 15 is 0 Å². The average molecular weight is 351 g/mol. The fraction of sp³-hybridized carbons (Fsp3) is 0.294. The van der Waals surface area contributed by atoms with Crippen molar-refractivity contribution in [1.29, 1.82) is 0 Å². The third kappa shape index (κ3) is 2.65. The molecule has 0 bridgehead atoms. The van der Waals surface area contributed by atoms with Gasteiger partial charge in [0, 0.05) is 21.6 Å². The SMILES string of the molecule is C[C@H](NC1CCc2c(Br)cccc21)c1ccccc1Cl. The Morgan fingerprint density at radius 3 is 2.80 bits per heavy atom. The van der Waals surface area contributed by atoms with Crippen molar-refractivity contribution in [1.82, 2.24) is 5.32 Å². The molecule has 0 saturated carbocycles. The molecule has 0 aromatic heterocycles. The Kier molecular flexibility index (Phi) is 4.16. The van der Waals surface area contributed by atoms with E-state index in [9.17, 15) is 0 Å². The van der Waals surface area contributed by atoms with Crippen LogP contribution in [0.1, 0.15) is 42.1 Å². The van der Waals surface area contributed by atoms with Crippen molar-refractivity contribution < 1.29 is 0 Å². The number of fused-ring (bicyclic) bond motifs is 1. The predicted molar refractivity (Wildman–Crippen MR) is 88.2 cm³/mol. The number of rotatable bonds is 3. The number of benzene rings is 2. The first-order valence-corrected chi connectivity index (χ1v) is 8.11. The molecule has 2 aromatic carbocycles. The van der Waals surface area contributed by atoms with Gasteiger partial charge in [-0.05, 0) is 48.6 Å². The molecule has 1 aliphatic rings. The van der Waals surface area contributed by atoms with Crippen molar-refractivity contribution >= 4 is 27.5 Å². The second-order valence-electron chi connectivity index (χ2n) is 5.31. The maximum Gasteiger partial charge on any atom is 0.0453 e. The molecular formula is C17H17BrClN. The van der Waals surface area contributed by atoms with Crippen LogP contribution in [0, 0.1) is 0 Å². The number of halogens is 2. The molecule has 0 saturated heterocycles. The molecule has 0 aliphatic heterocycles. The zero-order chi connectivity index (χ0) is 14.1. The molecular weight excluding hydrogens is 334 g/mol. The smallest absolute Gasteiger partial charge is 0.0453 e. The van der Waals surface area contributed by atoms with E-state index in [1.54, 1.807) is 0 Å². The fourth-order valence-electron chi connectivity index (χ4n) is 3.00. The zero-order valence-corrected chi connectivity index (χ0v) is 13.7. The monoisotopic (exact) mass is 349 g/mol. The highest BCUT2D eigenvalue weighted by Gasteiger charge is 2.25. The van der Waals surface area contributed by atoms with Gasteiger partial charge >= 0.3 is 0 Å². The van der Waals surface area contributed by atoms with Crippen LogP contribution in [0.2, 0.25) is 5.02 Å². The van der Waals surface area contributed by atoms with E-state index in [0.29, 0.717) is 6.04 Å². The summed E-state index contributed by atoms with van der Waals surface area (Å²) >= 11 is 9.93. The normalized spacial score (nSPS) is 18.9. The summed E-state index contributed by atoms with van der Waals surface area (Å²) in [6.07, 6.45) is 2.27. The first-order chi connectivity index (χ1) is 9.66. The van der Waals surface area contributed by atoms with Gasteiger partial charge in [-0.1, -0.05) is 57.9 Å². The van der Waals surface area contributed by atoms with Crippen molar-refractivity contribution in [3.05, 3.63) is 68.7 Å². The van der Waals surface area contributed by atoms with Gasteiger partial charge in [0.1, 0.15) is 0 Å². The van der Waals surface area contributed by atoms with Gasteiger partial charge in [-0.2, -0.15) is 0 Å². The van der Waals surface area contributed by atoms with Crippen molar-refractivity contribution in [2.24, 2.45) is 0 Å². The molecule has 20 heavy (non-hydrogen) atoms. The summed E-state index contributed by atoms with van der Waals surface area (Å²) in [5.41, 5.74) is 4.02. The molecule has 0 radical (unpaired) electrons. The summed E-state index contributed by atoms with van der Waals surface area (Å²) in [6.45, 7) is 2.18. The molecule has 2 atom stereocenters. The van der Waals surface area contributed by atoms with Crippen LogP contribution in [0.3, 0.4) is 0 Å². The standard InChI is InChI=1S/C17H17BrClN/c1-11(12-5-2-3-8-16(12)19)20-17-10-9-13-14(17)6-4-7-15(13)18/h2-8,11,17,20H,9-10H2,1H3/t11-,17?/m0/s1. The number of nitrogens with one attached hydrogen (secondary N) is 1. The highest BCUT2D eigenvalue weighted by atomic mass is 79.9. The van der Waals surface area contributed by atoms with Crippen molar-refractivity contribution in [2.75, 3.05) is 0 Å². The molecule has 0 heterocycles. The summed E-state index contributed by atoms with van der Waals surface area (Å²) < 4.78 is 1.23. The Morgan fingerprint density at radius 2 is 2.00 bits per heavy atom. The van der Waals surface area contributed by atoms with Gasteiger partial charge in [-0.25, -0.2) is 0 Å². The molecule has 104 valence electrons. The largest absolute Gasteiger partial charge is 0.303 e. The van der Waals surface area contributed by atoms with Crippen LogP contribution in [0.5, 0.6) is 0 Å². The number of hydrogen-bond donors (Lipinski definition) is 1. The highest BCUT2D eigenvalue weighted by molar-refractivity contribution is 9.10. The van der Waals surface area contributed by atoms with Crippen LogP contribution >= 0.6 is 27.5 Å². The fourth-order valence-corrected chi connectivity index (χ4v) is 3.88. The maximum absolute atomic E-state index is 6.28. The molecule has 3 heteroatoms. The van der Waals surface area contributed by atoms with Crippen molar-refractivity contribution in [2.45, 2.75) is 31.8 Å². The van der Waals surface area contributed by atoms with E-state index in [4.69, 9.17) is 11.6 Å². The summed E-state index contributed by atoms with van der Waals surface area (Å²) in [5, 5.41) is 4.55. The third-order valence-corrected chi connectivity index (χ3v) is 5.12. The minimum atomic E-state index is 0.249. The summed E-state index contributed by atoms with van der Waals surface area (Å²) in [7, 11) is 0. The second kappa shape index (κ2) is 5.88. The molecule has 2 aromatic rings. The molecule has 1 N–H and O–H groups in total. The van der Waals surface area contributed by atoms with Gasteiger partial charge < -0.3 is 5.32 Å². The first kappa shape index (κ1) is 14.1. The van der Waals surface area contributed by atoms with Gasteiger partial charge in [0.2, 0.25) is 0 Å². The third-order valence-electron chi connectivity index (χ3n) is 4.04. The maximum atomic E-state index is 6.28. The van der Waals surface area contributed by atoms with Crippen LogP contribution < -0.4 is 5.32 Å². The van der Waals surface area contributed by atoms with Crippen LogP contribution in [0.25, 0.3) is 0 Å². The Morgan fingerprint density at radius 1 is 1.20 bits per heavy atom. The molecule has 0 fully saturated rings. The Balaban J connectivity index is 1.81. The van der Waals surface area contributed by atoms with E-state index in [1.165, 1.54) is 15.6 Å². The minimum absolute atomic E-state index is 0.249. The van der Waals surface area contributed by atoms with Crippen LogP contribution in [0.15, 0.2) is 46.9 Å². The van der Waals surface area contributed by atoms with Gasteiger partial charge in [0.05, 0.1) is 0 Å². The van der Waals surface area contributed by atoms with E-state index < -0.39 is 0 Å². The van der Waals surface area contributed by atoms with Gasteiger partial charge in [0.25, 0.3) is 0 Å². The Bertz CT molecular complexity index is 626. The topological polar surface area (TPSA) is 12.0 Å². The Hall–Kier alpha value is -0.830. The van der Waals surface area contributed by atoms with Crippen LogP contribution in [-0.4, -0.2) is 0 Å². The van der Waals surface area contributed by atoms with Crippen molar-refractivity contribution in [3.8, 4) is 0 Å². The minimum Gasteiger partial charge on any atom is -0.303 e. The number of hydrogen-bond acceptors (Lipinski definition) is 1. The second-order valence-corrected chi connectivity index (χ2v) is 6.57. The summed E-state index contributed by atoms with van der Waals surface area (Å²) in [6, 6.07) is 15.2. The van der Waals surface area contributed by atoms with E-state index in [2.05, 4.69) is 52.4 Å². The van der Waals surface area contributed by atoms with Gasteiger partial charge in [-0.3, -0.25) is 0 Å². The first-order valence-electron chi connectivity index (χ1n) is 6.94. The highest BCUT2D eigenvalue weighted by Crippen LogP contribution is 2.37. The van der Waals surface area contributed by atoms with Crippen LogP contribution in [-0.2, 0) is 6.42 Å². The molecule has 1 unspecified atom stereocenters. The molecule has 0 amide bonds. The lowest BCUT2D eigenvalue weighted by Crippen LogP contribution is -2.23. The molecule has 1 aliphatic carbocycles. The summed E-state index contributed by atoms with van der Waals surface area (Å²) in [5.74, 6) is 0.